The van der Waals surface area contributed by atoms with E-state index in [1.54, 1.807) is 0 Å². The van der Waals surface area contributed by atoms with E-state index in [4.69, 9.17) is 27.1 Å². The van der Waals surface area contributed by atoms with E-state index >= 15 is 0 Å². The number of hydrogen-bond acceptors (Lipinski definition) is 10. The third kappa shape index (κ3) is 13.2. The Morgan fingerprint density at radius 3 is 1.60 bits per heavy atom. The number of nitrogens with one attached hydrogen (secondary N) is 3. The molecule has 2 fully saturated rings. The van der Waals surface area contributed by atoms with Crippen LogP contribution in [0.1, 0.15) is 58.3 Å². The molecule has 0 saturated carbocycles. The molecule has 2 heterocycles. The molecule has 0 aromatic heterocycles. The van der Waals surface area contributed by atoms with E-state index in [9.17, 15) is 43.5 Å². The predicted octanol–water partition coefficient (Wildman–Crippen LogP) is -4.28. The molecule has 0 unspecified atom stereocenters. The van der Waals surface area contributed by atoms with Gasteiger partial charge >= 0.3 is 5.97 Å². The Labute approximate surface area is 258 Å². The highest BCUT2D eigenvalue weighted by Gasteiger charge is 2.37. The Morgan fingerprint density at radius 2 is 1.18 bits per heavy atom. The van der Waals surface area contributed by atoms with E-state index < -0.39 is 84.0 Å². The number of hydrogen-bond donors (Lipinski definition) is 8. The summed E-state index contributed by atoms with van der Waals surface area (Å²) in [5.74, 6) is -6.79. The highest BCUT2D eigenvalue weighted by atomic mass is 16.4. The van der Waals surface area contributed by atoms with Crippen LogP contribution in [-0.4, -0.2) is 124 Å². The lowest BCUT2D eigenvalue weighted by molar-refractivity contribution is -0.144. The van der Waals surface area contributed by atoms with E-state index in [-0.39, 0.29) is 45.2 Å². The minimum atomic E-state index is -1.38. The van der Waals surface area contributed by atoms with E-state index in [2.05, 4.69) is 16.0 Å². The molecule has 252 valence electrons. The normalized spacial score (nSPS) is 18.4. The van der Waals surface area contributed by atoms with Gasteiger partial charge in [-0.15, -0.1) is 0 Å². The maximum absolute atomic E-state index is 12.9. The Balaban J connectivity index is 0.00000238. The smallest absolute Gasteiger partial charge is 0.326 e. The Kier molecular flexibility index (Phi) is 15.9. The second-order valence-corrected chi connectivity index (χ2v) is 10.4. The van der Waals surface area contributed by atoms with Crippen LogP contribution in [0.25, 0.3) is 0 Å². The van der Waals surface area contributed by atoms with Gasteiger partial charge in [-0.2, -0.15) is 0 Å². The molecule has 2 rings (SSSR count). The molecule has 7 amide bonds. The van der Waals surface area contributed by atoms with Crippen LogP contribution >= 0.6 is 0 Å². The zero-order valence-corrected chi connectivity index (χ0v) is 25.0. The van der Waals surface area contributed by atoms with Crippen molar-refractivity contribution in [2.45, 2.75) is 82.5 Å². The summed E-state index contributed by atoms with van der Waals surface area (Å²) in [6.45, 7) is 0.776. The first-order chi connectivity index (χ1) is 21.1. The van der Waals surface area contributed by atoms with Gasteiger partial charge in [0.15, 0.2) is 0 Å². The molecule has 19 heteroatoms. The molecule has 0 aromatic rings. The van der Waals surface area contributed by atoms with Crippen molar-refractivity contribution >= 4 is 53.3 Å². The monoisotopic (exact) mass is 642 g/mol. The fraction of sp³-hybridized carbons (Fsp3) is 0.654. The fourth-order valence-electron chi connectivity index (χ4n) is 4.82. The molecular formula is C26H42N8O11. The Morgan fingerprint density at radius 1 is 0.756 bits per heavy atom. The minimum Gasteiger partial charge on any atom is -0.481 e. The molecule has 19 nitrogen and oxygen atoms in total. The van der Waals surface area contributed by atoms with Crippen LogP contribution in [0, 0.1) is 0 Å². The van der Waals surface area contributed by atoms with E-state index in [0.29, 0.717) is 25.8 Å². The van der Waals surface area contributed by atoms with E-state index in [1.807, 2.05) is 0 Å². The van der Waals surface area contributed by atoms with Crippen molar-refractivity contribution in [2.24, 2.45) is 17.2 Å². The van der Waals surface area contributed by atoms with Crippen LogP contribution in [0.3, 0.4) is 0 Å². The summed E-state index contributed by atoms with van der Waals surface area (Å²) in [5, 5.41) is 24.0. The first-order valence-electron chi connectivity index (χ1n) is 14.2. The van der Waals surface area contributed by atoms with Crippen molar-refractivity contribution in [1.82, 2.24) is 25.8 Å². The number of likely N-dealkylation sites (tertiary alicyclic amines) is 2. The molecular weight excluding hydrogens is 600 g/mol. The van der Waals surface area contributed by atoms with Crippen molar-refractivity contribution < 1.29 is 53.4 Å². The zero-order chi connectivity index (χ0) is 34.3. The number of aliphatic carboxylic acids is 2. The molecule has 11 N–H and O–H groups in total. The second kappa shape index (κ2) is 18.8. The van der Waals surface area contributed by atoms with Gasteiger partial charge in [-0.1, -0.05) is 0 Å². The maximum atomic E-state index is 12.9. The van der Waals surface area contributed by atoms with Crippen molar-refractivity contribution in [2.75, 3.05) is 26.2 Å². The quantitative estimate of drug-likeness (QED) is 0.0841. The standard InChI is InChI=1S/C24H38N8O9.C2H4O2/c25-11-19(35)31-9-1-3-15(31)22(38)29-13(5-7-17(26)33)21(37)28-12-20(36)32-10-2-4-16(32)23(39)30-14(24(40)41)6-8-18(27)34;1-2(3)4/h13-16H,1-12,25H2,(H2,26,33)(H2,27,34)(H,28,37)(H,29,38)(H,30,39)(H,40,41);1H3,(H,3,4)/t13-,14-,15-,16-;/m0./s1. The number of carbonyl (C=O) groups excluding carboxylic acids is 7. The average molecular weight is 643 g/mol. The number of carboxylic acids is 2. The number of nitrogens with two attached hydrogens (primary N) is 3. The summed E-state index contributed by atoms with van der Waals surface area (Å²) in [7, 11) is 0. The van der Waals surface area contributed by atoms with Crippen molar-refractivity contribution in [1.29, 1.82) is 0 Å². The van der Waals surface area contributed by atoms with Crippen molar-refractivity contribution in [3.8, 4) is 0 Å². The third-order valence-corrected chi connectivity index (χ3v) is 6.95. The summed E-state index contributed by atoms with van der Waals surface area (Å²) in [5.41, 5.74) is 15.7. The fourth-order valence-corrected chi connectivity index (χ4v) is 4.82. The van der Waals surface area contributed by atoms with Crippen molar-refractivity contribution in [3.63, 3.8) is 0 Å². The number of primary amides is 2. The highest BCUT2D eigenvalue weighted by Crippen LogP contribution is 2.19. The third-order valence-electron chi connectivity index (χ3n) is 6.95. The molecule has 45 heavy (non-hydrogen) atoms. The average Bonchev–Trinajstić information content (AvgIpc) is 3.65. The number of amides is 7. The van der Waals surface area contributed by atoms with Gasteiger partial charge in [0.05, 0.1) is 13.1 Å². The van der Waals surface area contributed by atoms with Crippen LogP contribution in [0.15, 0.2) is 0 Å². The highest BCUT2D eigenvalue weighted by molar-refractivity contribution is 5.95. The molecule has 0 aromatic carbocycles. The van der Waals surface area contributed by atoms with Crippen LogP contribution in [0.4, 0.5) is 0 Å². The maximum Gasteiger partial charge on any atom is 0.326 e. The first-order valence-corrected chi connectivity index (χ1v) is 14.2. The molecule has 2 aliphatic heterocycles. The number of rotatable bonds is 15. The summed E-state index contributed by atoms with van der Waals surface area (Å²) in [6.07, 6.45) is 0.768. The van der Waals surface area contributed by atoms with Crippen LogP contribution in [0.2, 0.25) is 0 Å². The number of carboxylic acid groups (broad SMARTS) is 2. The molecule has 0 aliphatic carbocycles. The van der Waals surface area contributed by atoms with Gasteiger partial charge in [-0.25, -0.2) is 4.79 Å². The van der Waals surface area contributed by atoms with E-state index in [0.717, 1.165) is 6.92 Å². The lowest BCUT2D eigenvalue weighted by Gasteiger charge is -2.27. The largest absolute Gasteiger partial charge is 0.481 e. The lowest BCUT2D eigenvalue weighted by Crippen LogP contribution is -2.55. The van der Waals surface area contributed by atoms with Gasteiger partial charge in [0.1, 0.15) is 24.2 Å². The molecule has 0 radical (unpaired) electrons. The van der Waals surface area contributed by atoms with Gasteiger partial charge in [0, 0.05) is 32.9 Å². The summed E-state index contributed by atoms with van der Waals surface area (Å²) in [6, 6.07) is -4.44. The van der Waals surface area contributed by atoms with Gasteiger partial charge in [0.25, 0.3) is 5.97 Å². The SMILES string of the molecule is CC(=O)O.NCC(=O)N1CCC[C@H]1C(=O)N[C@@H](CCC(N)=O)C(=O)NCC(=O)N1CCC[C@H]1C(=O)N[C@@H](CCC(N)=O)C(=O)O. The minimum absolute atomic E-state index is 0.157. The van der Waals surface area contributed by atoms with Crippen LogP contribution < -0.4 is 33.2 Å². The Bertz CT molecular complexity index is 1140. The predicted molar refractivity (Wildman–Crippen MR) is 153 cm³/mol. The zero-order valence-electron chi connectivity index (χ0n) is 25.0. The van der Waals surface area contributed by atoms with Gasteiger partial charge < -0.3 is 53.2 Å². The topological polar surface area (TPSA) is 315 Å². The number of nitrogens with zero attached hydrogens (tertiary/aromatic N) is 2. The van der Waals surface area contributed by atoms with Gasteiger partial charge in [-0.05, 0) is 38.5 Å². The molecule has 2 aliphatic rings. The van der Waals surface area contributed by atoms with E-state index in [1.165, 1.54) is 9.80 Å². The van der Waals surface area contributed by atoms with Crippen LogP contribution in [0.5, 0.6) is 0 Å². The van der Waals surface area contributed by atoms with Crippen molar-refractivity contribution in [3.05, 3.63) is 0 Å². The summed E-state index contributed by atoms with van der Waals surface area (Å²) >= 11 is 0. The number of carbonyl (C=O) groups is 9. The lowest BCUT2D eigenvalue weighted by atomic mass is 10.1. The van der Waals surface area contributed by atoms with Gasteiger partial charge in [-0.3, -0.25) is 38.4 Å². The van der Waals surface area contributed by atoms with Gasteiger partial charge in [0.2, 0.25) is 41.4 Å². The Hall–Kier alpha value is -4.81. The van der Waals surface area contributed by atoms with Crippen LogP contribution in [-0.2, 0) is 43.2 Å². The molecule has 4 atom stereocenters. The molecule has 2 saturated heterocycles. The summed E-state index contributed by atoms with van der Waals surface area (Å²) < 4.78 is 0. The molecule has 0 bridgehead atoms. The summed E-state index contributed by atoms with van der Waals surface area (Å²) in [4.78, 5) is 109. The second-order valence-electron chi connectivity index (χ2n) is 10.4. The first kappa shape index (κ1) is 38.2. The molecule has 0 spiro atoms.